The highest BCUT2D eigenvalue weighted by molar-refractivity contribution is 9.10. The summed E-state index contributed by atoms with van der Waals surface area (Å²) in [5.74, 6) is 0.246. The van der Waals surface area contributed by atoms with Crippen LogP contribution in [0.2, 0.25) is 0 Å². The summed E-state index contributed by atoms with van der Waals surface area (Å²) >= 11 is 6.74. The van der Waals surface area contributed by atoms with Gasteiger partial charge in [0.15, 0.2) is 11.5 Å². The van der Waals surface area contributed by atoms with Crippen molar-refractivity contribution in [2.75, 3.05) is 18.6 Å². The maximum absolute atomic E-state index is 12.6. The number of nitrogens with zero attached hydrogens (tertiary/aromatic N) is 4. The zero-order valence-corrected chi connectivity index (χ0v) is 36.2. The fraction of sp³-hybridized carbons (Fsp3) is 0.333. The average Bonchev–Trinajstić information content (AvgIpc) is 3.56. The van der Waals surface area contributed by atoms with Crippen LogP contribution in [-0.2, 0) is 37.0 Å². The van der Waals surface area contributed by atoms with Gasteiger partial charge in [0, 0.05) is 21.3 Å². The molecule has 0 unspecified atom stereocenters. The van der Waals surface area contributed by atoms with Crippen molar-refractivity contribution < 1.29 is 28.6 Å². The Labute approximate surface area is 354 Å². The molecular formula is C39H48Br2ClN9O6. The molecule has 3 heterocycles. The van der Waals surface area contributed by atoms with Crippen LogP contribution in [0.1, 0.15) is 57.6 Å². The van der Waals surface area contributed by atoms with Gasteiger partial charge in [-0.15, -0.1) is 22.6 Å². The quantitative estimate of drug-likeness (QED) is 0.0727. The zero-order chi connectivity index (χ0) is 40.7. The van der Waals surface area contributed by atoms with Gasteiger partial charge < -0.3 is 30.6 Å². The number of fused-ring (bicyclic) bond motifs is 1. The molecule has 0 bridgehead atoms. The van der Waals surface area contributed by atoms with Crippen LogP contribution in [0.3, 0.4) is 0 Å². The number of anilines is 1. The van der Waals surface area contributed by atoms with E-state index in [1.165, 1.54) is 0 Å². The SMILES string of the molecule is CC(C)(C)OC(=O)N[C@H](COCc1ccccc1)C(=O)NNc1ccc(Br)cn1.CC(C)(N)C(=O)N[C@H](COCc1ccccc1)c1nnc2ccc(Br)cn12.Cl. The van der Waals surface area contributed by atoms with Gasteiger partial charge >= 0.3 is 6.09 Å². The van der Waals surface area contributed by atoms with Crippen LogP contribution >= 0.6 is 44.3 Å². The third kappa shape index (κ3) is 16.4. The number of rotatable bonds is 15. The number of nitrogens with two attached hydrogens (primary N) is 1. The minimum Gasteiger partial charge on any atom is -0.444 e. The number of carbonyl (C=O) groups excluding carboxylic acids is 3. The van der Waals surface area contributed by atoms with Crippen molar-refractivity contribution in [2.24, 2.45) is 5.73 Å². The minimum absolute atomic E-state index is 0. The summed E-state index contributed by atoms with van der Waals surface area (Å²) in [7, 11) is 0. The molecule has 0 aliphatic rings. The number of halogens is 3. The van der Waals surface area contributed by atoms with Crippen molar-refractivity contribution in [2.45, 2.75) is 71.1 Å². The highest BCUT2D eigenvalue weighted by atomic mass is 79.9. The van der Waals surface area contributed by atoms with Gasteiger partial charge in [-0.25, -0.2) is 9.78 Å². The molecule has 6 N–H and O–H groups in total. The van der Waals surface area contributed by atoms with Gasteiger partial charge in [-0.2, -0.15) is 0 Å². The monoisotopic (exact) mass is 931 g/mol. The summed E-state index contributed by atoms with van der Waals surface area (Å²) in [5, 5.41) is 13.9. The first-order chi connectivity index (χ1) is 26.6. The number of hydrogen-bond donors (Lipinski definition) is 5. The fourth-order valence-corrected chi connectivity index (χ4v) is 5.25. The van der Waals surface area contributed by atoms with Gasteiger partial charge in [-0.3, -0.25) is 24.8 Å². The molecule has 0 radical (unpaired) electrons. The van der Waals surface area contributed by atoms with E-state index in [1.807, 2.05) is 83.4 Å². The maximum atomic E-state index is 12.6. The molecule has 0 aliphatic carbocycles. The van der Waals surface area contributed by atoms with Crippen LogP contribution < -0.4 is 27.2 Å². The summed E-state index contributed by atoms with van der Waals surface area (Å²) in [4.78, 5) is 41.2. The smallest absolute Gasteiger partial charge is 0.408 e. The number of hydrazine groups is 1. The van der Waals surface area contributed by atoms with E-state index in [2.05, 4.69) is 68.5 Å². The standard InChI is InChI=1S/C20H25BrN4O4.C19H22BrN5O2.ClH/c1-20(2,3)29-19(27)23-16(13-28-12-14-7-5-4-6-8-14)18(26)25-24-17-10-9-15(21)11-22-17;1-19(2,21)18(26)22-15(12-27-11-13-6-4-3-5-7-13)17-24-23-16-9-8-14(20)10-25(16)17;/h4-11,16H,12-13H2,1-3H3,(H,22,24)(H,23,27)(H,25,26);3-10,15H,11-12,21H2,1-2H3,(H,22,26);1H/t16-;15-;/m11./s1. The van der Waals surface area contributed by atoms with Crippen LogP contribution in [0.15, 0.2) is 106 Å². The first kappa shape index (κ1) is 46.7. The number of pyridine rings is 2. The molecule has 57 heavy (non-hydrogen) atoms. The predicted molar refractivity (Wildman–Crippen MR) is 226 cm³/mol. The summed E-state index contributed by atoms with van der Waals surface area (Å²) in [6.07, 6.45) is 2.74. The minimum atomic E-state index is -1.02. The van der Waals surface area contributed by atoms with E-state index >= 15 is 0 Å². The largest absolute Gasteiger partial charge is 0.444 e. The number of aromatic nitrogens is 4. The maximum Gasteiger partial charge on any atom is 0.408 e. The lowest BCUT2D eigenvalue weighted by atomic mass is 10.1. The van der Waals surface area contributed by atoms with Gasteiger partial charge in [-0.05, 0) is 102 Å². The first-order valence-electron chi connectivity index (χ1n) is 17.6. The molecule has 3 aromatic heterocycles. The van der Waals surface area contributed by atoms with Crippen LogP contribution in [-0.4, -0.2) is 67.9 Å². The second kappa shape index (κ2) is 22.3. The van der Waals surface area contributed by atoms with Gasteiger partial charge in [0.2, 0.25) is 5.91 Å². The number of ether oxygens (including phenoxy) is 3. The van der Waals surface area contributed by atoms with E-state index in [1.54, 1.807) is 52.9 Å². The lowest BCUT2D eigenvalue weighted by molar-refractivity contribution is -0.126. The third-order valence-corrected chi connectivity index (χ3v) is 8.37. The Morgan fingerprint density at radius 2 is 1.39 bits per heavy atom. The molecule has 306 valence electrons. The Morgan fingerprint density at radius 1 is 0.789 bits per heavy atom. The van der Waals surface area contributed by atoms with Crippen molar-refractivity contribution in [3.05, 3.63) is 123 Å². The van der Waals surface area contributed by atoms with Crippen molar-refractivity contribution in [1.82, 2.24) is 35.6 Å². The highest BCUT2D eigenvalue weighted by Crippen LogP contribution is 2.19. The molecule has 2 aromatic carbocycles. The second-order valence-electron chi connectivity index (χ2n) is 14.1. The fourth-order valence-electron chi connectivity index (χ4n) is 4.68. The predicted octanol–water partition coefficient (Wildman–Crippen LogP) is 6.42. The summed E-state index contributed by atoms with van der Waals surface area (Å²) in [6, 6.07) is 25.1. The Kier molecular flexibility index (Phi) is 18.3. The van der Waals surface area contributed by atoms with Crippen LogP contribution in [0, 0.1) is 0 Å². The lowest BCUT2D eigenvalue weighted by Gasteiger charge is -2.23. The number of hydrogen-bond acceptors (Lipinski definition) is 11. The van der Waals surface area contributed by atoms with Crippen molar-refractivity contribution in [3.63, 3.8) is 0 Å². The Morgan fingerprint density at radius 3 is 1.95 bits per heavy atom. The molecule has 15 nitrogen and oxygen atoms in total. The van der Waals surface area contributed by atoms with Gasteiger partial charge in [0.25, 0.3) is 5.91 Å². The van der Waals surface area contributed by atoms with Crippen molar-refractivity contribution in [1.29, 1.82) is 0 Å². The third-order valence-electron chi connectivity index (χ3n) is 7.44. The lowest BCUT2D eigenvalue weighted by Crippen LogP contribution is -2.51. The first-order valence-corrected chi connectivity index (χ1v) is 19.2. The molecule has 0 spiro atoms. The van der Waals surface area contributed by atoms with Crippen molar-refractivity contribution in [3.8, 4) is 0 Å². The number of nitrogens with one attached hydrogen (secondary N) is 4. The Hall–Kier alpha value is -4.65. The van der Waals surface area contributed by atoms with E-state index in [4.69, 9.17) is 19.9 Å². The Bertz CT molecular complexity index is 2010. The average molecular weight is 934 g/mol. The summed E-state index contributed by atoms with van der Waals surface area (Å²) < 4.78 is 20.2. The second-order valence-corrected chi connectivity index (χ2v) is 15.9. The van der Waals surface area contributed by atoms with Crippen LogP contribution in [0.5, 0.6) is 0 Å². The van der Waals surface area contributed by atoms with E-state index in [-0.39, 0.29) is 31.5 Å². The van der Waals surface area contributed by atoms with E-state index in [0.29, 0.717) is 30.5 Å². The molecule has 5 rings (SSSR count). The zero-order valence-electron chi connectivity index (χ0n) is 32.2. The molecular weight excluding hydrogens is 886 g/mol. The number of amides is 3. The highest BCUT2D eigenvalue weighted by Gasteiger charge is 2.28. The Balaban J connectivity index is 0.000000301. The van der Waals surface area contributed by atoms with Crippen molar-refractivity contribution >= 4 is 73.6 Å². The molecule has 2 atom stereocenters. The summed E-state index contributed by atoms with van der Waals surface area (Å²) in [5.41, 5.74) is 12.1. The van der Waals surface area contributed by atoms with Crippen LogP contribution in [0.4, 0.5) is 10.6 Å². The molecule has 0 fully saturated rings. The van der Waals surface area contributed by atoms with E-state index in [0.717, 1.165) is 20.1 Å². The van der Waals surface area contributed by atoms with E-state index < -0.39 is 35.2 Å². The molecule has 5 aromatic rings. The van der Waals surface area contributed by atoms with E-state index in [9.17, 15) is 14.4 Å². The molecule has 0 saturated carbocycles. The van der Waals surface area contributed by atoms with Gasteiger partial charge in [0.05, 0.1) is 32.0 Å². The number of benzene rings is 2. The summed E-state index contributed by atoms with van der Waals surface area (Å²) in [6.45, 7) is 9.49. The molecule has 0 saturated heterocycles. The topological polar surface area (TPSA) is 196 Å². The molecule has 18 heteroatoms. The number of alkyl carbamates (subject to hydrolysis) is 1. The molecule has 3 amide bonds. The number of carbonyl (C=O) groups is 3. The van der Waals surface area contributed by atoms with Gasteiger partial charge in [0.1, 0.15) is 23.5 Å². The molecule has 0 aliphatic heterocycles. The van der Waals surface area contributed by atoms with Gasteiger partial charge in [-0.1, -0.05) is 60.7 Å². The normalized spacial score (nSPS) is 12.2. The van der Waals surface area contributed by atoms with Crippen LogP contribution in [0.25, 0.3) is 5.65 Å².